The number of fused-ring (bicyclic) bond motifs is 1. The second-order valence-electron chi connectivity index (χ2n) is 10.1. The van der Waals surface area contributed by atoms with Crippen LogP contribution in [0, 0.1) is 11.3 Å². The lowest BCUT2D eigenvalue weighted by atomic mass is 9.78. The molecule has 5 nitrogen and oxygen atoms in total. The summed E-state index contributed by atoms with van der Waals surface area (Å²) < 4.78 is 7.98. The number of hydrogen-bond acceptors (Lipinski definition) is 4. The summed E-state index contributed by atoms with van der Waals surface area (Å²) >= 11 is 0. The van der Waals surface area contributed by atoms with E-state index in [1.54, 1.807) is 23.7 Å². The zero-order chi connectivity index (χ0) is 25.3. The standard InChI is InChI=1S/C31H31N3O2/c1-31(2,23-7-5-4-6-8-23)24-10-12-25(13-11-24)36-26-15-17-34(18-16-26)29-20-30(35)33(3)28-14-9-22(21-32)19-27(28)29/h4-14,19-20,26H,15-18H2,1-3H3. The first-order chi connectivity index (χ1) is 17.4. The van der Waals surface area contributed by atoms with Crippen LogP contribution in [0.3, 0.4) is 0 Å². The smallest absolute Gasteiger partial charge is 0.252 e. The molecule has 3 aromatic carbocycles. The van der Waals surface area contributed by atoms with E-state index in [4.69, 9.17) is 4.74 Å². The molecule has 0 amide bonds. The summed E-state index contributed by atoms with van der Waals surface area (Å²) in [5.74, 6) is 0.888. The van der Waals surface area contributed by atoms with Gasteiger partial charge in [0, 0.05) is 49.8 Å². The molecule has 4 aromatic rings. The molecule has 0 atom stereocenters. The molecule has 1 aliphatic rings. The molecule has 2 heterocycles. The Hall–Kier alpha value is -4.04. The third-order valence-electron chi connectivity index (χ3n) is 7.51. The van der Waals surface area contributed by atoms with Crippen molar-refractivity contribution in [3.63, 3.8) is 0 Å². The van der Waals surface area contributed by atoms with Gasteiger partial charge in [0.05, 0.1) is 22.8 Å². The lowest BCUT2D eigenvalue weighted by Gasteiger charge is -2.34. The molecule has 0 radical (unpaired) electrons. The van der Waals surface area contributed by atoms with E-state index in [1.165, 1.54) is 11.1 Å². The molecular formula is C31H31N3O2. The van der Waals surface area contributed by atoms with Gasteiger partial charge in [0.1, 0.15) is 11.9 Å². The summed E-state index contributed by atoms with van der Waals surface area (Å²) in [4.78, 5) is 14.8. The van der Waals surface area contributed by atoms with Crippen molar-refractivity contribution < 1.29 is 4.74 Å². The normalized spacial score (nSPS) is 14.6. The summed E-state index contributed by atoms with van der Waals surface area (Å²) in [7, 11) is 1.77. The zero-order valence-corrected chi connectivity index (χ0v) is 21.1. The Morgan fingerprint density at radius 2 is 1.58 bits per heavy atom. The van der Waals surface area contributed by atoms with Crippen LogP contribution in [0.25, 0.3) is 10.9 Å². The van der Waals surface area contributed by atoms with Crippen molar-refractivity contribution in [3.8, 4) is 11.8 Å². The van der Waals surface area contributed by atoms with Crippen LogP contribution < -0.4 is 15.2 Å². The first kappa shape index (κ1) is 23.7. The second kappa shape index (κ2) is 9.54. The van der Waals surface area contributed by atoms with E-state index in [1.807, 2.05) is 18.2 Å². The topological polar surface area (TPSA) is 58.3 Å². The number of rotatable bonds is 5. The fourth-order valence-electron chi connectivity index (χ4n) is 5.15. The van der Waals surface area contributed by atoms with E-state index in [0.29, 0.717) is 5.56 Å². The number of ether oxygens (including phenoxy) is 1. The molecule has 0 N–H and O–H groups in total. The number of nitriles is 1. The van der Waals surface area contributed by atoms with Gasteiger partial charge in [0.25, 0.3) is 5.56 Å². The minimum Gasteiger partial charge on any atom is -0.490 e. The Morgan fingerprint density at radius 3 is 2.25 bits per heavy atom. The predicted octanol–water partition coefficient (Wildman–Crippen LogP) is 5.78. The molecule has 0 bridgehead atoms. The van der Waals surface area contributed by atoms with Crippen molar-refractivity contribution in [1.29, 1.82) is 5.26 Å². The number of aryl methyl sites for hydroxylation is 1. The van der Waals surface area contributed by atoms with Crippen molar-refractivity contribution in [2.45, 2.75) is 38.2 Å². The summed E-state index contributed by atoms with van der Waals surface area (Å²) in [6.45, 7) is 6.08. The number of piperidine rings is 1. The molecule has 1 saturated heterocycles. The van der Waals surface area contributed by atoms with Gasteiger partial charge in [-0.2, -0.15) is 5.26 Å². The van der Waals surface area contributed by atoms with E-state index < -0.39 is 0 Å². The molecule has 5 heteroatoms. The van der Waals surface area contributed by atoms with E-state index >= 15 is 0 Å². The molecule has 36 heavy (non-hydrogen) atoms. The molecule has 182 valence electrons. The summed E-state index contributed by atoms with van der Waals surface area (Å²) in [6, 6.07) is 28.4. The van der Waals surface area contributed by atoms with Crippen LogP contribution in [0.2, 0.25) is 0 Å². The maximum Gasteiger partial charge on any atom is 0.252 e. The van der Waals surface area contributed by atoms with E-state index in [0.717, 1.165) is 48.3 Å². The van der Waals surface area contributed by atoms with Crippen LogP contribution >= 0.6 is 0 Å². The third-order valence-corrected chi connectivity index (χ3v) is 7.51. The average molecular weight is 478 g/mol. The average Bonchev–Trinajstić information content (AvgIpc) is 2.92. The van der Waals surface area contributed by atoms with Crippen LogP contribution in [-0.2, 0) is 12.5 Å². The maximum absolute atomic E-state index is 12.6. The minimum atomic E-state index is -0.0773. The number of anilines is 1. The first-order valence-electron chi connectivity index (χ1n) is 12.5. The van der Waals surface area contributed by atoms with Crippen molar-refractivity contribution in [2.75, 3.05) is 18.0 Å². The Labute approximate surface area is 212 Å². The largest absolute Gasteiger partial charge is 0.490 e. The molecule has 1 aliphatic heterocycles. The lowest BCUT2D eigenvalue weighted by molar-refractivity contribution is 0.171. The van der Waals surface area contributed by atoms with Crippen LogP contribution in [0.15, 0.2) is 83.7 Å². The van der Waals surface area contributed by atoms with Gasteiger partial charge in [0.15, 0.2) is 0 Å². The van der Waals surface area contributed by atoms with Gasteiger partial charge in [-0.25, -0.2) is 0 Å². The van der Waals surface area contributed by atoms with Gasteiger partial charge in [-0.05, 0) is 41.5 Å². The Kier molecular flexibility index (Phi) is 6.28. The summed E-state index contributed by atoms with van der Waals surface area (Å²) in [5.41, 5.74) is 4.76. The molecular weight excluding hydrogens is 446 g/mol. The van der Waals surface area contributed by atoms with Gasteiger partial charge in [0.2, 0.25) is 0 Å². The van der Waals surface area contributed by atoms with Gasteiger partial charge < -0.3 is 14.2 Å². The van der Waals surface area contributed by atoms with Gasteiger partial charge >= 0.3 is 0 Å². The fourth-order valence-corrected chi connectivity index (χ4v) is 5.15. The molecule has 0 saturated carbocycles. The van der Waals surface area contributed by atoms with Gasteiger partial charge in [-0.1, -0.05) is 56.3 Å². The van der Waals surface area contributed by atoms with Gasteiger partial charge in [-0.3, -0.25) is 4.79 Å². The van der Waals surface area contributed by atoms with Crippen LogP contribution in [0.4, 0.5) is 5.69 Å². The molecule has 0 spiro atoms. The highest BCUT2D eigenvalue weighted by molar-refractivity contribution is 5.93. The quantitative estimate of drug-likeness (QED) is 0.365. The Balaban J connectivity index is 1.28. The SMILES string of the molecule is Cn1c(=O)cc(N2CCC(Oc3ccc(C(C)(C)c4ccccc4)cc3)CC2)c2cc(C#N)ccc21. The molecule has 0 aliphatic carbocycles. The summed E-state index contributed by atoms with van der Waals surface area (Å²) in [6.07, 6.45) is 1.86. The number of aromatic nitrogens is 1. The van der Waals surface area contributed by atoms with Gasteiger partial charge in [-0.15, -0.1) is 0 Å². The van der Waals surface area contributed by atoms with Crippen molar-refractivity contribution in [3.05, 3.63) is 106 Å². The van der Waals surface area contributed by atoms with Crippen LogP contribution in [-0.4, -0.2) is 23.8 Å². The highest BCUT2D eigenvalue weighted by Crippen LogP contribution is 2.33. The molecule has 0 unspecified atom stereocenters. The maximum atomic E-state index is 12.6. The number of hydrogen-bond donors (Lipinski definition) is 0. The van der Waals surface area contributed by atoms with E-state index in [-0.39, 0.29) is 17.1 Å². The lowest BCUT2D eigenvalue weighted by Crippen LogP contribution is -2.39. The molecule has 1 aromatic heterocycles. The molecule has 1 fully saturated rings. The predicted molar refractivity (Wildman–Crippen MR) is 145 cm³/mol. The van der Waals surface area contributed by atoms with E-state index in [2.05, 4.69) is 73.3 Å². The van der Waals surface area contributed by atoms with Crippen molar-refractivity contribution in [1.82, 2.24) is 4.57 Å². The Morgan fingerprint density at radius 1 is 0.917 bits per heavy atom. The monoisotopic (exact) mass is 477 g/mol. The third kappa shape index (κ3) is 4.47. The van der Waals surface area contributed by atoms with E-state index in [9.17, 15) is 10.1 Å². The molecule has 5 rings (SSSR count). The van der Waals surface area contributed by atoms with Crippen molar-refractivity contribution in [2.24, 2.45) is 7.05 Å². The Bertz CT molecular complexity index is 1470. The highest BCUT2D eigenvalue weighted by Gasteiger charge is 2.25. The fraction of sp³-hybridized carbons (Fsp3) is 0.290. The van der Waals surface area contributed by atoms with Crippen LogP contribution in [0.5, 0.6) is 5.75 Å². The zero-order valence-electron chi connectivity index (χ0n) is 21.1. The summed E-state index contributed by atoms with van der Waals surface area (Å²) in [5, 5.41) is 10.3. The number of benzene rings is 3. The first-order valence-corrected chi connectivity index (χ1v) is 12.5. The van der Waals surface area contributed by atoms with Crippen molar-refractivity contribution >= 4 is 16.6 Å². The minimum absolute atomic E-state index is 0.0425. The highest BCUT2D eigenvalue weighted by atomic mass is 16.5. The second-order valence-corrected chi connectivity index (χ2v) is 10.1. The number of pyridine rings is 1. The number of nitrogens with zero attached hydrogens (tertiary/aromatic N) is 3. The van der Waals surface area contributed by atoms with Crippen LogP contribution in [0.1, 0.15) is 43.4 Å².